The van der Waals surface area contributed by atoms with Crippen molar-refractivity contribution >= 4 is 57.1 Å². The lowest BCUT2D eigenvalue weighted by Crippen LogP contribution is -2.14. The normalized spacial score (nSPS) is 11.1. The van der Waals surface area contributed by atoms with Crippen molar-refractivity contribution < 1.29 is 4.79 Å². The van der Waals surface area contributed by atoms with Crippen LogP contribution in [0.2, 0.25) is 5.02 Å². The van der Waals surface area contributed by atoms with Gasteiger partial charge in [0, 0.05) is 44.4 Å². The Bertz CT molecular complexity index is 1520. The molecule has 10 heteroatoms. The second kappa shape index (κ2) is 10.6. The molecule has 2 aromatic carbocycles. The van der Waals surface area contributed by atoms with Gasteiger partial charge in [-0.1, -0.05) is 65.3 Å². The Kier molecular flexibility index (Phi) is 7.25. The molecule has 1 amide bonds. The second-order valence-corrected chi connectivity index (χ2v) is 11.5. The van der Waals surface area contributed by atoms with Gasteiger partial charge in [-0.15, -0.1) is 32.9 Å². The van der Waals surface area contributed by atoms with Crippen LogP contribution >= 0.6 is 46.0 Å². The van der Waals surface area contributed by atoms with Gasteiger partial charge in [-0.3, -0.25) is 4.79 Å². The minimum atomic E-state index is -0.145. The third kappa shape index (κ3) is 5.24. The maximum atomic E-state index is 12.6. The summed E-state index contributed by atoms with van der Waals surface area (Å²) in [5, 5.41) is 17.6. The van der Waals surface area contributed by atoms with Gasteiger partial charge in [-0.25, -0.2) is 4.98 Å². The number of carbonyl (C=O) groups is 1. The molecule has 0 aliphatic carbocycles. The maximum absolute atomic E-state index is 12.6. The minimum Gasteiger partial charge on any atom is -0.305 e. The summed E-state index contributed by atoms with van der Waals surface area (Å²) >= 11 is 10.4. The topological polar surface area (TPSA) is 72.7 Å². The summed E-state index contributed by atoms with van der Waals surface area (Å²) in [5.41, 5.74) is 6.35. The standard InChI is InChI=1S/C26H22ClN5OS3/c1-15-4-6-18(7-5-15)23-16(2)34-12-20(23)24-30-31-26(32(24)3)36-14-22(33)29-25-28-21(13-35-25)17-8-10-19(27)11-9-17/h4-13H,14H2,1-3H3,(H,28,29,33). The van der Waals surface area contributed by atoms with E-state index in [1.807, 2.05) is 41.3 Å². The highest BCUT2D eigenvalue weighted by Crippen LogP contribution is 2.39. The molecule has 36 heavy (non-hydrogen) atoms. The third-order valence-corrected chi connectivity index (χ3v) is 8.56. The molecule has 0 saturated heterocycles. The molecule has 1 N–H and O–H groups in total. The number of halogens is 1. The number of nitrogens with one attached hydrogen (secondary N) is 1. The number of hydrogen-bond donors (Lipinski definition) is 1. The number of carbonyl (C=O) groups excluding carboxylic acids is 1. The molecule has 3 aromatic heterocycles. The Hall–Kier alpha value is -2.98. The van der Waals surface area contributed by atoms with Gasteiger partial charge in [0.05, 0.1) is 11.4 Å². The molecule has 0 unspecified atom stereocenters. The molecule has 0 fully saturated rings. The zero-order valence-corrected chi connectivity index (χ0v) is 23.0. The summed E-state index contributed by atoms with van der Waals surface area (Å²) in [6, 6.07) is 16.0. The van der Waals surface area contributed by atoms with E-state index >= 15 is 0 Å². The van der Waals surface area contributed by atoms with Gasteiger partial charge >= 0.3 is 0 Å². The molecule has 0 radical (unpaired) electrons. The van der Waals surface area contributed by atoms with Crippen LogP contribution in [-0.4, -0.2) is 31.4 Å². The molecule has 5 aromatic rings. The van der Waals surface area contributed by atoms with Crippen LogP contribution in [0.15, 0.2) is 64.4 Å². The largest absolute Gasteiger partial charge is 0.305 e. The Morgan fingerprint density at radius 1 is 1.00 bits per heavy atom. The van der Waals surface area contributed by atoms with Crippen LogP contribution in [0.3, 0.4) is 0 Å². The van der Waals surface area contributed by atoms with Gasteiger partial charge in [0.25, 0.3) is 0 Å². The predicted molar refractivity (Wildman–Crippen MR) is 151 cm³/mol. The number of nitrogens with zero attached hydrogens (tertiary/aromatic N) is 4. The number of benzene rings is 2. The molecular formula is C26H22ClN5OS3. The first kappa shape index (κ1) is 24.7. The molecule has 0 atom stereocenters. The van der Waals surface area contributed by atoms with Crippen LogP contribution in [0.1, 0.15) is 10.4 Å². The highest BCUT2D eigenvalue weighted by atomic mass is 35.5. The lowest BCUT2D eigenvalue weighted by atomic mass is 10.0. The van der Waals surface area contributed by atoms with E-state index in [2.05, 4.69) is 64.0 Å². The van der Waals surface area contributed by atoms with Gasteiger partial charge in [0.15, 0.2) is 16.1 Å². The van der Waals surface area contributed by atoms with Crippen molar-refractivity contribution in [2.45, 2.75) is 19.0 Å². The van der Waals surface area contributed by atoms with E-state index in [0.29, 0.717) is 15.3 Å². The Morgan fingerprint density at radius 3 is 2.47 bits per heavy atom. The average Bonchev–Trinajstić information content (AvgIpc) is 3.58. The molecule has 0 aliphatic rings. The molecular weight excluding hydrogens is 530 g/mol. The zero-order chi connectivity index (χ0) is 25.2. The van der Waals surface area contributed by atoms with Crippen LogP contribution < -0.4 is 5.32 Å². The SMILES string of the molecule is Cc1ccc(-c2c(-c3nnc(SCC(=O)Nc4nc(-c5ccc(Cl)cc5)cs4)n3C)csc2C)cc1. The first-order valence-electron chi connectivity index (χ1n) is 11.1. The van der Waals surface area contributed by atoms with Crippen molar-refractivity contribution in [3.63, 3.8) is 0 Å². The van der Waals surface area contributed by atoms with E-state index in [1.54, 1.807) is 11.3 Å². The minimum absolute atomic E-state index is 0.145. The molecule has 5 rings (SSSR count). The highest BCUT2D eigenvalue weighted by Gasteiger charge is 2.19. The van der Waals surface area contributed by atoms with Crippen molar-refractivity contribution in [2.75, 3.05) is 11.1 Å². The highest BCUT2D eigenvalue weighted by molar-refractivity contribution is 7.99. The van der Waals surface area contributed by atoms with Gasteiger partial charge in [0.1, 0.15) is 0 Å². The van der Waals surface area contributed by atoms with Crippen molar-refractivity contribution in [3.05, 3.63) is 74.8 Å². The quantitative estimate of drug-likeness (QED) is 0.214. The number of thiazole rings is 1. The molecule has 6 nitrogen and oxygen atoms in total. The first-order valence-corrected chi connectivity index (χ1v) is 14.2. The predicted octanol–water partition coefficient (Wildman–Crippen LogP) is 7.34. The average molecular weight is 552 g/mol. The van der Waals surface area contributed by atoms with Crippen molar-refractivity contribution in [2.24, 2.45) is 7.05 Å². The van der Waals surface area contributed by atoms with Crippen molar-refractivity contribution in [1.29, 1.82) is 0 Å². The number of amides is 1. The van der Waals surface area contributed by atoms with E-state index in [4.69, 9.17) is 11.6 Å². The summed E-state index contributed by atoms with van der Waals surface area (Å²) in [5.74, 6) is 0.841. The maximum Gasteiger partial charge on any atom is 0.236 e. The number of aryl methyl sites for hydroxylation is 2. The molecule has 0 spiro atoms. The third-order valence-electron chi connectivity index (χ3n) is 5.61. The van der Waals surface area contributed by atoms with Crippen molar-refractivity contribution in [1.82, 2.24) is 19.7 Å². The van der Waals surface area contributed by atoms with E-state index in [0.717, 1.165) is 28.2 Å². The van der Waals surface area contributed by atoms with Crippen LogP contribution in [0.5, 0.6) is 0 Å². The Balaban J connectivity index is 1.26. The van der Waals surface area contributed by atoms with E-state index in [1.165, 1.54) is 39.1 Å². The smallest absolute Gasteiger partial charge is 0.236 e. The second-order valence-electron chi connectivity index (χ2n) is 8.19. The number of aromatic nitrogens is 4. The van der Waals surface area contributed by atoms with Crippen LogP contribution in [0.4, 0.5) is 5.13 Å². The summed E-state index contributed by atoms with van der Waals surface area (Å²) in [4.78, 5) is 18.3. The number of rotatable bonds is 7. The summed E-state index contributed by atoms with van der Waals surface area (Å²) < 4.78 is 1.94. The van der Waals surface area contributed by atoms with E-state index in [9.17, 15) is 4.79 Å². The molecule has 182 valence electrons. The Morgan fingerprint density at radius 2 is 1.72 bits per heavy atom. The number of thiophene rings is 1. The van der Waals surface area contributed by atoms with E-state index < -0.39 is 0 Å². The zero-order valence-electron chi connectivity index (χ0n) is 19.8. The fourth-order valence-corrected chi connectivity index (χ4v) is 6.18. The molecule has 0 saturated carbocycles. The first-order chi connectivity index (χ1) is 17.4. The van der Waals surface area contributed by atoms with Gasteiger partial charge in [-0.05, 0) is 31.5 Å². The molecule has 3 heterocycles. The van der Waals surface area contributed by atoms with Crippen LogP contribution in [0.25, 0.3) is 33.8 Å². The van der Waals surface area contributed by atoms with E-state index in [-0.39, 0.29) is 11.7 Å². The number of anilines is 1. The van der Waals surface area contributed by atoms with Gasteiger partial charge in [-0.2, -0.15) is 0 Å². The lowest BCUT2D eigenvalue weighted by Gasteiger charge is -2.07. The fraction of sp³-hybridized carbons (Fsp3) is 0.154. The van der Waals surface area contributed by atoms with Gasteiger partial charge < -0.3 is 9.88 Å². The van der Waals surface area contributed by atoms with Crippen LogP contribution in [-0.2, 0) is 11.8 Å². The molecule has 0 bridgehead atoms. The molecule has 0 aliphatic heterocycles. The van der Waals surface area contributed by atoms with Gasteiger partial charge in [0.2, 0.25) is 5.91 Å². The van der Waals surface area contributed by atoms with Crippen molar-refractivity contribution in [3.8, 4) is 33.8 Å². The summed E-state index contributed by atoms with van der Waals surface area (Å²) in [7, 11) is 1.93. The summed E-state index contributed by atoms with van der Waals surface area (Å²) in [6.45, 7) is 4.21. The monoisotopic (exact) mass is 551 g/mol. The Labute approximate surface area is 226 Å². The number of hydrogen-bond acceptors (Lipinski definition) is 7. The number of thioether (sulfide) groups is 1. The fourth-order valence-electron chi connectivity index (χ4n) is 3.74. The van der Waals surface area contributed by atoms with Crippen LogP contribution in [0, 0.1) is 13.8 Å². The summed E-state index contributed by atoms with van der Waals surface area (Å²) in [6.07, 6.45) is 0. The lowest BCUT2D eigenvalue weighted by molar-refractivity contribution is -0.113.